The van der Waals surface area contributed by atoms with E-state index in [4.69, 9.17) is 0 Å². The van der Waals surface area contributed by atoms with Crippen molar-refractivity contribution >= 4 is 11.8 Å². The van der Waals surface area contributed by atoms with Gasteiger partial charge in [-0.15, -0.1) is 11.8 Å². The Morgan fingerprint density at radius 2 is 2.27 bits per heavy atom. The van der Waals surface area contributed by atoms with Gasteiger partial charge < -0.3 is 5.32 Å². The summed E-state index contributed by atoms with van der Waals surface area (Å²) in [5.41, 5.74) is 0.469. The lowest BCUT2D eigenvalue weighted by Crippen LogP contribution is -2.48. The van der Waals surface area contributed by atoms with Crippen molar-refractivity contribution in [2.75, 3.05) is 18.8 Å². The zero-order valence-corrected chi connectivity index (χ0v) is 10.6. The lowest BCUT2D eigenvalue weighted by Gasteiger charge is -2.28. The maximum atomic E-state index is 3.70. The number of hydrogen-bond donors (Lipinski definition) is 3. The fraction of sp³-hybridized carbons (Fsp3) is 1.00. The summed E-state index contributed by atoms with van der Waals surface area (Å²) >= 11 is 2.02. The van der Waals surface area contributed by atoms with E-state index in [0.717, 1.165) is 5.92 Å². The zero-order chi connectivity index (χ0) is 10.7. The Bertz CT molecular complexity index is 192. The van der Waals surface area contributed by atoms with Crippen LogP contribution in [-0.2, 0) is 0 Å². The number of nitrogens with one attached hydrogen (secondary N) is 3. The molecule has 2 fully saturated rings. The summed E-state index contributed by atoms with van der Waals surface area (Å²) in [6, 6.07) is 1.28. The highest BCUT2D eigenvalue weighted by molar-refractivity contribution is 8.00. The van der Waals surface area contributed by atoms with Gasteiger partial charge in [-0.05, 0) is 45.7 Å². The van der Waals surface area contributed by atoms with Gasteiger partial charge in [-0.3, -0.25) is 10.6 Å². The van der Waals surface area contributed by atoms with Gasteiger partial charge in [-0.25, -0.2) is 0 Å². The molecule has 0 spiro atoms. The standard InChI is InChI=1S/C11H23N3S/c1-8(2)13-11-14-10(7-15-11)9-4-3-5-12-6-9/h8-14H,3-7H2,1-2H3. The van der Waals surface area contributed by atoms with Crippen LogP contribution in [0, 0.1) is 5.92 Å². The number of hydrogen-bond acceptors (Lipinski definition) is 4. The summed E-state index contributed by atoms with van der Waals surface area (Å²) in [6.45, 7) is 6.83. The molecule has 0 radical (unpaired) electrons. The van der Waals surface area contributed by atoms with Crippen LogP contribution >= 0.6 is 11.8 Å². The molecule has 88 valence electrons. The van der Waals surface area contributed by atoms with Crippen LogP contribution in [0.5, 0.6) is 0 Å². The molecule has 2 saturated heterocycles. The molecule has 0 aromatic carbocycles. The normalized spacial score (nSPS) is 37.4. The van der Waals surface area contributed by atoms with Crippen LogP contribution in [-0.4, -0.2) is 36.4 Å². The summed E-state index contributed by atoms with van der Waals surface area (Å²) in [5.74, 6) is 2.10. The van der Waals surface area contributed by atoms with E-state index in [-0.39, 0.29) is 0 Å². The summed E-state index contributed by atoms with van der Waals surface area (Å²) in [6.07, 6.45) is 2.73. The van der Waals surface area contributed by atoms with Crippen molar-refractivity contribution in [3.8, 4) is 0 Å². The molecule has 2 heterocycles. The first-order chi connectivity index (χ1) is 7.25. The molecule has 0 aromatic heterocycles. The van der Waals surface area contributed by atoms with Crippen LogP contribution in [0.2, 0.25) is 0 Å². The van der Waals surface area contributed by atoms with Gasteiger partial charge in [0.15, 0.2) is 0 Å². The van der Waals surface area contributed by atoms with E-state index in [1.165, 1.54) is 31.7 Å². The fourth-order valence-corrected chi connectivity index (χ4v) is 3.79. The third-order valence-electron chi connectivity index (χ3n) is 3.20. The van der Waals surface area contributed by atoms with E-state index in [9.17, 15) is 0 Å². The molecule has 3 nitrogen and oxygen atoms in total. The fourth-order valence-electron chi connectivity index (χ4n) is 2.38. The smallest absolute Gasteiger partial charge is 0.106 e. The number of thioether (sulfide) groups is 1. The zero-order valence-electron chi connectivity index (χ0n) is 9.75. The van der Waals surface area contributed by atoms with Gasteiger partial charge in [-0.1, -0.05) is 0 Å². The third kappa shape index (κ3) is 3.34. The average molecular weight is 229 g/mol. The van der Waals surface area contributed by atoms with E-state index in [0.29, 0.717) is 17.6 Å². The Balaban J connectivity index is 1.76. The van der Waals surface area contributed by atoms with Crippen LogP contribution in [0.15, 0.2) is 0 Å². The molecule has 2 rings (SSSR count). The Morgan fingerprint density at radius 1 is 1.40 bits per heavy atom. The van der Waals surface area contributed by atoms with Gasteiger partial charge in [0.25, 0.3) is 0 Å². The van der Waals surface area contributed by atoms with Crippen molar-refractivity contribution < 1.29 is 0 Å². The van der Waals surface area contributed by atoms with Crippen molar-refractivity contribution in [1.82, 2.24) is 16.0 Å². The predicted octanol–water partition coefficient (Wildman–Crippen LogP) is 0.973. The molecule has 0 bridgehead atoms. The summed E-state index contributed by atoms with van der Waals surface area (Å²) in [5, 5.41) is 10.7. The molecule has 0 aliphatic carbocycles. The van der Waals surface area contributed by atoms with Gasteiger partial charge in [0, 0.05) is 17.8 Å². The summed E-state index contributed by atoms with van der Waals surface area (Å²) < 4.78 is 0. The molecule has 0 amide bonds. The Labute approximate surface area is 97.1 Å². The lowest BCUT2D eigenvalue weighted by molar-refractivity contribution is 0.297. The molecule has 15 heavy (non-hydrogen) atoms. The molecular formula is C11H23N3S. The monoisotopic (exact) mass is 229 g/mol. The molecule has 0 saturated carbocycles. The highest BCUT2D eigenvalue weighted by atomic mass is 32.2. The predicted molar refractivity (Wildman–Crippen MR) is 67.0 cm³/mol. The Morgan fingerprint density at radius 3 is 2.93 bits per heavy atom. The van der Waals surface area contributed by atoms with Crippen molar-refractivity contribution in [2.45, 2.75) is 44.3 Å². The molecule has 3 atom stereocenters. The molecule has 2 aliphatic rings. The first-order valence-corrected chi connectivity index (χ1v) is 7.15. The molecule has 0 aromatic rings. The maximum absolute atomic E-state index is 3.70. The average Bonchev–Trinajstić information content (AvgIpc) is 2.67. The minimum atomic E-state index is 0.469. The summed E-state index contributed by atoms with van der Waals surface area (Å²) in [7, 11) is 0. The van der Waals surface area contributed by atoms with Gasteiger partial charge in [0.05, 0.1) is 0 Å². The second-order valence-electron chi connectivity index (χ2n) is 4.91. The quantitative estimate of drug-likeness (QED) is 0.674. The molecule has 4 heteroatoms. The topological polar surface area (TPSA) is 36.1 Å². The van der Waals surface area contributed by atoms with Gasteiger partial charge in [0.1, 0.15) is 5.50 Å². The molecule has 2 aliphatic heterocycles. The van der Waals surface area contributed by atoms with E-state index >= 15 is 0 Å². The van der Waals surface area contributed by atoms with Crippen LogP contribution in [0.25, 0.3) is 0 Å². The summed E-state index contributed by atoms with van der Waals surface area (Å²) in [4.78, 5) is 0. The van der Waals surface area contributed by atoms with Gasteiger partial charge in [-0.2, -0.15) is 0 Å². The Kier molecular flexibility index (Phi) is 4.31. The van der Waals surface area contributed by atoms with Crippen LogP contribution in [0.4, 0.5) is 0 Å². The van der Waals surface area contributed by atoms with Crippen LogP contribution < -0.4 is 16.0 Å². The van der Waals surface area contributed by atoms with Crippen molar-refractivity contribution in [3.63, 3.8) is 0 Å². The number of rotatable bonds is 3. The second kappa shape index (κ2) is 5.53. The van der Waals surface area contributed by atoms with Gasteiger partial charge in [0.2, 0.25) is 0 Å². The third-order valence-corrected chi connectivity index (χ3v) is 4.35. The van der Waals surface area contributed by atoms with Crippen molar-refractivity contribution in [2.24, 2.45) is 5.92 Å². The molecule has 3 unspecified atom stereocenters. The second-order valence-corrected chi connectivity index (χ2v) is 6.05. The highest BCUT2D eigenvalue weighted by Gasteiger charge is 2.31. The lowest BCUT2D eigenvalue weighted by atomic mass is 9.93. The van der Waals surface area contributed by atoms with E-state index in [1.807, 2.05) is 11.8 Å². The number of piperidine rings is 1. The largest absolute Gasteiger partial charge is 0.316 e. The molecular weight excluding hydrogens is 206 g/mol. The minimum Gasteiger partial charge on any atom is -0.316 e. The first kappa shape index (κ1) is 11.7. The van der Waals surface area contributed by atoms with Gasteiger partial charge >= 0.3 is 0 Å². The van der Waals surface area contributed by atoms with E-state index < -0.39 is 0 Å². The van der Waals surface area contributed by atoms with Crippen LogP contribution in [0.3, 0.4) is 0 Å². The molecule has 3 N–H and O–H groups in total. The van der Waals surface area contributed by atoms with E-state index in [2.05, 4.69) is 29.8 Å². The van der Waals surface area contributed by atoms with Crippen molar-refractivity contribution in [1.29, 1.82) is 0 Å². The minimum absolute atomic E-state index is 0.469. The van der Waals surface area contributed by atoms with Crippen molar-refractivity contribution in [3.05, 3.63) is 0 Å². The van der Waals surface area contributed by atoms with E-state index in [1.54, 1.807) is 0 Å². The maximum Gasteiger partial charge on any atom is 0.106 e. The Hall–Kier alpha value is 0.230. The SMILES string of the molecule is CC(C)NC1NC(C2CCCNC2)CS1. The highest BCUT2D eigenvalue weighted by Crippen LogP contribution is 2.25. The van der Waals surface area contributed by atoms with Crippen LogP contribution in [0.1, 0.15) is 26.7 Å². The first-order valence-electron chi connectivity index (χ1n) is 6.10.